The largest absolute Gasteiger partial charge is 0.395 e. The van der Waals surface area contributed by atoms with Crippen LogP contribution in [0.2, 0.25) is 5.02 Å². The Balaban J connectivity index is 1.81. The number of fused-ring (bicyclic) bond motifs is 1. The minimum atomic E-state index is -1.22. The van der Waals surface area contributed by atoms with Crippen molar-refractivity contribution >= 4 is 50.9 Å². The summed E-state index contributed by atoms with van der Waals surface area (Å²) in [4.78, 5) is 46.7. The Hall–Kier alpha value is -2.20. The molecule has 4 rings (SSSR count). The number of ether oxygens (including phenoxy) is 1. The number of aryl methyl sites for hydroxylation is 1. The molecule has 3 amide bonds. The summed E-state index contributed by atoms with van der Waals surface area (Å²) in [6.07, 6.45) is 3.86. The molecule has 1 N–H and O–H groups in total. The van der Waals surface area contributed by atoms with Crippen LogP contribution >= 0.6 is 27.5 Å². The van der Waals surface area contributed by atoms with Gasteiger partial charge in [-0.1, -0.05) is 58.7 Å². The molecular formula is C28H35BrClN3O5. The predicted octanol–water partition coefficient (Wildman–Crippen LogP) is 3.33. The second kappa shape index (κ2) is 11.5. The van der Waals surface area contributed by atoms with Crippen molar-refractivity contribution in [2.75, 3.05) is 37.7 Å². The molecule has 3 heterocycles. The number of alkyl halides is 1. The summed E-state index contributed by atoms with van der Waals surface area (Å²) in [6.45, 7) is 12.1. The van der Waals surface area contributed by atoms with Crippen LogP contribution in [0.1, 0.15) is 25.3 Å². The average molecular weight is 609 g/mol. The van der Waals surface area contributed by atoms with E-state index in [1.807, 2.05) is 26.0 Å². The van der Waals surface area contributed by atoms with E-state index >= 15 is 0 Å². The molecule has 206 valence electrons. The second-order valence-corrected chi connectivity index (χ2v) is 11.7. The molecule has 0 aromatic heterocycles. The maximum absolute atomic E-state index is 14.5. The van der Waals surface area contributed by atoms with Gasteiger partial charge in [0.2, 0.25) is 11.8 Å². The first-order valence-corrected chi connectivity index (χ1v) is 14.3. The van der Waals surface area contributed by atoms with Gasteiger partial charge in [0.1, 0.15) is 11.6 Å². The molecule has 3 unspecified atom stereocenters. The van der Waals surface area contributed by atoms with Gasteiger partial charge in [-0.15, -0.1) is 13.2 Å². The lowest BCUT2D eigenvalue weighted by atomic mass is 9.70. The number of carbonyl (C=O) groups is 3. The van der Waals surface area contributed by atoms with Crippen molar-refractivity contribution in [1.29, 1.82) is 0 Å². The lowest BCUT2D eigenvalue weighted by Crippen LogP contribution is -2.57. The van der Waals surface area contributed by atoms with Crippen LogP contribution < -0.4 is 4.90 Å². The number of aliphatic hydroxyl groups is 1. The van der Waals surface area contributed by atoms with Crippen LogP contribution in [-0.2, 0) is 19.1 Å². The van der Waals surface area contributed by atoms with Gasteiger partial charge < -0.3 is 24.5 Å². The summed E-state index contributed by atoms with van der Waals surface area (Å²) in [7, 11) is 0. The van der Waals surface area contributed by atoms with Crippen LogP contribution in [0.4, 0.5) is 5.69 Å². The van der Waals surface area contributed by atoms with Gasteiger partial charge in [-0.3, -0.25) is 14.4 Å². The lowest BCUT2D eigenvalue weighted by molar-refractivity contribution is -0.145. The van der Waals surface area contributed by atoms with Crippen LogP contribution in [0, 0.1) is 18.8 Å². The van der Waals surface area contributed by atoms with Crippen molar-refractivity contribution in [3.8, 4) is 0 Å². The number of anilines is 1. The van der Waals surface area contributed by atoms with Crippen molar-refractivity contribution in [3.05, 3.63) is 54.1 Å². The van der Waals surface area contributed by atoms with Crippen molar-refractivity contribution in [1.82, 2.24) is 9.80 Å². The summed E-state index contributed by atoms with van der Waals surface area (Å²) < 4.78 is 6.57. The zero-order chi connectivity index (χ0) is 27.8. The van der Waals surface area contributed by atoms with Crippen molar-refractivity contribution in [2.24, 2.45) is 11.8 Å². The fourth-order valence-corrected chi connectivity index (χ4v) is 7.77. The molecule has 1 aromatic carbocycles. The summed E-state index contributed by atoms with van der Waals surface area (Å²) in [5.41, 5.74) is 0.108. The van der Waals surface area contributed by atoms with E-state index in [2.05, 4.69) is 29.1 Å². The van der Waals surface area contributed by atoms with E-state index in [0.717, 1.165) is 12.0 Å². The van der Waals surface area contributed by atoms with Crippen LogP contribution in [0.25, 0.3) is 0 Å². The summed E-state index contributed by atoms with van der Waals surface area (Å²) in [6, 6.07) is 4.34. The monoisotopic (exact) mass is 607 g/mol. The van der Waals surface area contributed by atoms with Crippen molar-refractivity contribution in [3.63, 3.8) is 0 Å². The van der Waals surface area contributed by atoms with E-state index in [1.54, 1.807) is 23.1 Å². The smallest absolute Gasteiger partial charge is 0.253 e. The van der Waals surface area contributed by atoms with E-state index in [9.17, 15) is 19.5 Å². The van der Waals surface area contributed by atoms with E-state index in [4.69, 9.17) is 16.3 Å². The number of halogens is 2. The molecule has 3 fully saturated rings. The number of likely N-dealkylation sites (tertiary alicyclic amines) is 1. The third-order valence-corrected chi connectivity index (χ3v) is 8.99. The van der Waals surface area contributed by atoms with Crippen molar-refractivity contribution in [2.45, 2.75) is 49.3 Å². The van der Waals surface area contributed by atoms with Crippen LogP contribution in [0.3, 0.4) is 0 Å². The van der Waals surface area contributed by atoms with Gasteiger partial charge in [0.15, 0.2) is 0 Å². The average Bonchev–Trinajstić information content (AvgIpc) is 3.46. The Morgan fingerprint density at radius 3 is 2.61 bits per heavy atom. The molecule has 8 nitrogen and oxygen atoms in total. The number of hydrogen-bond acceptors (Lipinski definition) is 5. The molecule has 0 radical (unpaired) electrons. The lowest BCUT2D eigenvalue weighted by Gasteiger charge is -2.37. The predicted molar refractivity (Wildman–Crippen MR) is 150 cm³/mol. The number of aliphatic hydroxyl groups excluding tert-OH is 1. The minimum Gasteiger partial charge on any atom is -0.395 e. The molecule has 3 saturated heterocycles. The Morgan fingerprint density at radius 1 is 1.29 bits per heavy atom. The number of carbonyl (C=O) groups excluding carboxylic acids is 3. The molecule has 2 bridgehead atoms. The summed E-state index contributed by atoms with van der Waals surface area (Å²) in [5, 5.41) is 10.3. The maximum Gasteiger partial charge on any atom is 0.253 e. The molecule has 1 aromatic rings. The molecule has 3 aliphatic rings. The zero-order valence-corrected chi connectivity index (χ0v) is 24.2. The first-order chi connectivity index (χ1) is 18.2. The third-order valence-electron chi connectivity index (χ3n) is 7.84. The number of para-hydroxylation sites is 1. The van der Waals surface area contributed by atoms with Crippen LogP contribution in [-0.4, -0.2) is 88.0 Å². The summed E-state index contributed by atoms with van der Waals surface area (Å²) in [5.74, 6) is -2.49. The Bertz CT molecular complexity index is 1110. The topological polar surface area (TPSA) is 90.4 Å². The van der Waals surface area contributed by atoms with Gasteiger partial charge in [-0.05, 0) is 31.4 Å². The summed E-state index contributed by atoms with van der Waals surface area (Å²) >= 11 is 10.3. The van der Waals surface area contributed by atoms with Gasteiger partial charge >= 0.3 is 0 Å². The SMILES string of the molecule is C=CCN(CCC)C(=O)[C@H]1[C@@H]2OC3(CC2Br)C(C(=O)N(CC=C)c2c(C)cccc2Cl)N(CCO)C(=O)[C@H]13. The number of β-amino-alcohol motifs (C(OH)–C–C–N with tert-alkyl or cyclic N) is 1. The Morgan fingerprint density at radius 2 is 2.00 bits per heavy atom. The van der Waals surface area contributed by atoms with Crippen LogP contribution in [0.15, 0.2) is 43.5 Å². The Kier molecular flexibility index (Phi) is 8.71. The number of rotatable bonds is 11. The Labute approximate surface area is 237 Å². The fraction of sp³-hybridized carbons (Fsp3) is 0.536. The third kappa shape index (κ3) is 4.51. The number of amides is 3. The highest BCUT2D eigenvalue weighted by atomic mass is 79.9. The van der Waals surface area contributed by atoms with Gasteiger partial charge in [0.25, 0.3) is 5.91 Å². The first kappa shape index (κ1) is 28.8. The van der Waals surface area contributed by atoms with Gasteiger partial charge in [-0.25, -0.2) is 0 Å². The molecule has 0 saturated carbocycles. The van der Waals surface area contributed by atoms with E-state index < -0.39 is 29.6 Å². The molecule has 38 heavy (non-hydrogen) atoms. The number of nitrogens with zero attached hydrogens (tertiary/aromatic N) is 3. The van der Waals surface area contributed by atoms with E-state index in [1.165, 1.54) is 9.80 Å². The van der Waals surface area contributed by atoms with E-state index in [-0.39, 0.29) is 42.2 Å². The standard InChI is InChI=1S/C28H35BrClN3O5/c1-5-11-31(12-6-2)25(35)20-21-26(36)33(14-15-34)24(28(21)16-18(29)23(20)38-28)27(37)32(13-7-3)22-17(4)9-8-10-19(22)30/h5,7-10,18,20-21,23-24,34H,1,3,6,11-16H2,2,4H3/t18?,20-,21+,23-,24?,28?/m1/s1. The first-order valence-electron chi connectivity index (χ1n) is 13.0. The highest BCUT2D eigenvalue weighted by Crippen LogP contribution is 2.60. The molecule has 1 spiro atoms. The molecule has 6 atom stereocenters. The van der Waals surface area contributed by atoms with Crippen LogP contribution in [0.5, 0.6) is 0 Å². The van der Waals surface area contributed by atoms with Gasteiger partial charge in [0.05, 0.1) is 35.3 Å². The molecule has 3 aliphatic heterocycles. The van der Waals surface area contributed by atoms with Crippen molar-refractivity contribution < 1.29 is 24.2 Å². The molecule has 10 heteroatoms. The number of hydrogen-bond donors (Lipinski definition) is 1. The van der Waals surface area contributed by atoms with E-state index in [0.29, 0.717) is 30.2 Å². The minimum absolute atomic E-state index is 0.0514. The molecular weight excluding hydrogens is 574 g/mol. The number of benzene rings is 1. The quantitative estimate of drug-likeness (QED) is 0.308. The maximum atomic E-state index is 14.5. The zero-order valence-electron chi connectivity index (χ0n) is 21.8. The highest BCUT2D eigenvalue weighted by molar-refractivity contribution is 9.09. The normalized spacial score (nSPS) is 29.3. The van der Waals surface area contributed by atoms with Gasteiger partial charge in [0, 0.05) is 31.0 Å². The fourth-order valence-electron chi connectivity index (χ4n) is 6.50. The second-order valence-electron chi connectivity index (χ2n) is 10.1. The molecule has 0 aliphatic carbocycles. The van der Waals surface area contributed by atoms with Gasteiger partial charge in [-0.2, -0.15) is 0 Å². The highest BCUT2D eigenvalue weighted by Gasteiger charge is 2.76.